The number of benzene rings is 6. The summed E-state index contributed by atoms with van der Waals surface area (Å²) in [6, 6.07) is 47.1. The van der Waals surface area contributed by atoms with Gasteiger partial charge in [0.2, 0.25) is 0 Å². The van der Waals surface area contributed by atoms with Crippen LogP contribution in [0.15, 0.2) is 140 Å². The first-order valence-electron chi connectivity index (χ1n) is 40.8. The van der Waals surface area contributed by atoms with E-state index in [-0.39, 0.29) is 11.6 Å². The zero-order chi connectivity index (χ0) is 74.6. The SMILES string of the molecule is CCCCOc1cccc(CCC(O)(CCC)CCC)c1.CCCCc1cccc(C(=O)CC(CCC)CCC)c1.CCCCc1cccc(C(=O)Cc2c(C)cccc2C)c1.CCCOCc1cccc(CCC(O)(CCC)CCC)c1.CCCOc1cccc(C(=O)CC2CCCCC2)c1. The maximum Gasteiger partial charge on any atom is 0.167 e. The summed E-state index contributed by atoms with van der Waals surface area (Å²) >= 11 is 0. The Kier molecular flexibility index (Phi) is 48.0. The van der Waals surface area contributed by atoms with Crippen molar-refractivity contribution >= 4 is 17.3 Å². The molecular weight excluding hydrogens is 1260 g/mol. The Morgan fingerprint density at radius 3 is 1.34 bits per heavy atom. The lowest BCUT2D eigenvalue weighted by molar-refractivity contribution is 0.0127. The second kappa shape index (κ2) is 54.4. The van der Waals surface area contributed by atoms with Gasteiger partial charge in [-0.1, -0.05) is 282 Å². The molecule has 566 valence electrons. The van der Waals surface area contributed by atoms with Gasteiger partial charge in [0, 0.05) is 42.6 Å². The van der Waals surface area contributed by atoms with Crippen molar-refractivity contribution in [2.24, 2.45) is 11.8 Å². The quantitative estimate of drug-likeness (QED) is 0.0287. The van der Waals surface area contributed by atoms with Gasteiger partial charge in [-0.15, -0.1) is 0 Å². The fourth-order valence-corrected chi connectivity index (χ4v) is 13.9. The molecule has 0 atom stereocenters. The highest BCUT2D eigenvalue weighted by Gasteiger charge is 2.26. The van der Waals surface area contributed by atoms with Gasteiger partial charge in [0.25, 0.3) is 0 Å². The smallest absolute Gasteiger partial charge is 0.167 e. The van der Waals surface area contributed by atoms with E-state index >= 15 is 0 Å². The molecule has 0 heterocycles. The summed E-state index contributed by atoms with van der Waals surface area (Å²) in [6.07, 6.45) is 35.5. The molecule has 102 heavy (non-hydrogen) atoms. The van der Waals surface area contributed by atoms with Gasteiger partial charge in [0.05, 0.1) is 31.0 Å². The number of hydrogen-bond donors (Lipinski definition) is 2. The summed E-state index contributed by atoms with van der Waals surface area (Å²) < 4.78 is 16.9. The van der Waals surface area contributed by atoms with E-state index in [2.05, 4.69) is 169 Å². The van der Waals surface area contributed by atoms with Crippen LogP contribution in [-0.2, 0) is 43.4 Å². The van der Waals surface area contributed by atoms with Crippen LogP contribution in [0, 0.1) is 25.7 Å². The number of carbonyl (C=O) groups is 3. The van der Waals surface area contributed by atoms with Gasteiger partial charge in [-0.05, 0) is 203 Å². The number of ether oxygens (including phenoxy) is 3. The van der Waals surface area contributed by atoms with Crippen molar-refractivity contribution in [3.05, 3.63) is 201 Å². The van der Waals surface area contributed by atoms with Crippen molar-refractivity contribution in [2.45, 2.75) is 326 Å². The van der Waals surface area contributed by atoms with Gasteiger partial charge in [-0.25, -0.2) is 0 Å². The Morgan fingerprint density at radius 1 is 0.412 bits per heavy atom. The number of unbranched alkanes of at least 4 members (excludes halogenated alkanes) is 3. The molecule has 1 fully saturated rings. The van der Waals surface area contributed by atoms with E-state index in [4.69, 9.17) is 14.2 Å². The molecule has 2 N–H and O–H groups in total. The lowest BCUT2D eigenvalue weighted by atomic mass is 9.85. The van der Waals surface area contributed by atoms with E-state index in [1.54, 1.807) is 0 Å². The molecule has 1 aliphatic carbocycles. The summed E-state index contributed by atoms with van der Waals surface area (Å²) in [5, 5.41) is 21.4. The second-order valence-corrected chi connectivity index (χ2v) is 29.3. The van der Waals surface area contributed by atoms with Crippen LogP contribution in [-0.4, -0.2) is 58.6 Å². The highest BCUT2D eigenvalue weighted by molar-refractivity contribution is 5.98. The van der Waals surface area contributed by atoms with Crippen molar-refractivity contribution in [2.75, 3.05) is 19.8 Å². The minimum absolute atomic E-state index is 0.214. The van der Waals surface area contributed by atoms with Gasteiger partial charge in [0.1, 0.15) is 11.5 Å². The Bertz CT molecular complexity index is 3060. The molecule has 6 aromatic carbocycles. The Morgan fingerprint density at radius 2 is 0.843 bits per heavy atom. The fraction of sp³-hybridized carbons (Fsp3) is 0.585. The Balaban J connectivity index is 0.000000331. The first-order chi connectivity index (χ1) is 49.4. The number of aliphatic hydroxyl groups is 2. The number of aryl methyl sites for hydroxylation is 6. The molecular formula is C94H142O8. The molecule has 1 saturated carbocycles. The first kappa shape index (κ1) is 90.0. The predicted molar refractivity (Wildman–Crippen MR) is 433 cm³/mol. The molecule has 0 aromatic heterocycles. The molecule has 8 heteroatoms. The second-order valence-electron chi connectivity index (χ2n) is 29.3. The van der Waals surface area contributed by atoms with Crippen LogP contribution in [0.5, 0.6) is 11.5 Å². The third kappa shape index (κ3) is 38.0. The van der Waals surface area contributed by atoms with Crippen LogP contribution >= 0.6 is 0 Å². The highest BCUT2D eigenvalue weighted by atomic mass is 16.5. The van der Waals surface area contributed by atoms with Gasteiger partial charge < -0.3 is 24.4 Å². The molecule has 0 spiro atoms. The maximum absolute atomic E-state index is 12.5. The minimum atomic E-state index is -0.497. The number of carbonyl (C=O) groups excluding carboxylic acids is 3. The Labute approximate surface area is 622 Å². The average Bonchev–Trinajstić information content (AvgIpc) is 0.856. The van der Waals surface area contributed by atoms with Crippen LogP contribution in [0.4, 0.5) is 0 Å². The zero-order valence-corrected chi connectivity index (χ0v) is 66.6. The van der Waals surface area contributed by atoms with E-state index in [0.717, 1.165) is 163 Å². The van der Waals surface area contributed by atoms with E-state index < -0.39 is 11.2 Å². The van der Waals surface area contributed by atoms with E-state index in [1.165, 1.54) is 128 Å². The van der Waals surface area contributed by atoms with E-state index in [9.17, 15) is 24.6 Å². The molecule has 0 amide bonds. The summed E-state index contributed by atoms with van der Waals surface area (Å²) in [6.45, 7) is 30.9. The number of Topliss-reactive ketones (excluding diaryl/α,β-unsaturated/α-hetero) is 3. The molecule has 8 nitrogen and oxygen atoms in total. The number of ketones is 3. The number of rotatable bonds is 44. The third-order valence-electron chi connectivity index (χ3n) is 19.7. The normalized spacial score (nSPS) is 12.2. The number of hydrogen-bond acceptors (Lipinski definition) is 8. The summed E-state index contributed by atoms with van der Waals surface area (Å²) in [7, 11) is 0. The van der Waals surface area contributed by atoms with Crippen LogP contribution in [0.25, 0.3) is 0 Å². The maximum atomic E-state index is 12.5. The Hall–Kier alpha value is -6.19. The van der Waals surface area contributed by atoms with Crippen LogP contribution in [0.1, 0.15) is 338 Å². The predicted octanol–water partition coefficient (Wildman–Crippen LogP) is 25.5. The topological polar surface area (TPSA) is 119 Å². The lowest BCUT2D eigenvalue weighted by Gasteiger charge is -2.27. The van der Waals surface area contributed by atoms with Gasteiger partial charge in [-0.3, -0.25) is 14.4 Å². The molecule has 7 rings (SSSR count). The van der Waals surface area contributed by atoms with Crippen molar-refractivity contribution in [1.82, 2.24) is 0 Å². The monoisotopic (exact) mass is 1400 g/mol. The largest absolute Gasteiger partial charge is 0.494 e. The summed E-state index contributed by atoms with van der Waals surface area (Å²) in [5.74, 6) is 3.75. The molecule has 1 aliphatic rings. The van der Waals surface area contributed by atoms with Crippen LogP contribution in [0.2, 0.25) is 0 Å². The van der Waals surface area contributed by atoms with Gasteiger partial charge >= 0.3 is 0 Å². The first-order valence-corrected chi connectivity index (χ1v) is 40.8. The molecule has 0 aliphatic heterocycles. The standard InChI is InChI=1S/C20H24O.2C19H32O2.C19H30O.C17H24O2/c1-4-5-10-17-11-7-12-18(13-17)20(21)14-19-15(2)8-6-9-16(19)3;1-4-11-19(20,12-5-2)13-10-17-8-7-9-18(15-17)16-21-14-6-3;1-4-7-15-21-18-10-8-9-17(16-18)11-14-19(20,12-5-2)13-6-3;1-4-7-11-17-12-8-13-18(14-17)19(20)15-16(9-5-2)10-6-3;1-2-11-19-16-10-6-9-15(13-16)17(18)12-14-7-4-3-5-8-14/h6-9,11-13H,4-5,10,14H2,1-3H3;7-9,15,20H,4-6,10-14,16H2,1-3H3;8-10,16,20H,4-7,11-15H2,1-3H3;8,12-14,16H,4-7,9-11,15H2,1-3H3;6,9-10,13-14H,2-5,7-8,11-12H2,1H3. The zero-order valence-electron chi connectivity index (χ0n) is 66.6. The molecule has 0 saturated heterocycles. The van der Waals surface area contributed by atoms with Crippen molar-refractivity contribution < 1.29 is 38.8 Å². The highest BCUT2D eigenvalue weighted by Crippen LogP contribution is 2.31. The molecule has 0 unspecified atom stereocenters. The van der Waals surface area contributed by atoms with Crippen LogP contribution < -0.4 is 9.47 Å². The molecule has 6 aromatic rings. The van der Waals surface area contributed by atoms with Gasteiger partial charge in [0.15, 0.2) is 17.3 Å². The summed E-state index contributed by atoms with van der Waals surface area (Å²) in [4.78, 5) is 37.3. The van der Waals surface area contributed by atoms with Crippen LogP contribution in [0.3, 0.4) is 0 Å². The lowest BCUT2D eigenvalue weighted by Crippen LogP contribution is -2.28. The van der Waals surface area contributed by atoms with E-state index in [0.29, 0.717) is 43.7 Å². The summed E-state index contributed by atoms with van der Waals surface area (Å²) in [5.41, 5.74) is 11.5. The third-order valence-corrected chi connectivity index (χ3v) is 19.7. The fourth-order valence-electron chi connectivity index (χ4n) is 13.9. The van der Waals surface area contributed by atoms with E-state index in [1.807, 2.05) is 60.7 Å². The molecule has 0 bridgehead atoms. The van der Waals surface area contributed by atoms with Crippen molar-refractivity contribution in [3.63, 3.8) is 0 Å². The van der Waals surface area contributed by atoms with Crippen molar-refractivity contribution in [3.8, 4) is 11.5 Å². The van der Waals surface area contributed by atoms with Gasteiger partial charge in [-0.2, -0.15) is 0 Å². The minimum Gasteiger partial charge on any atom is -0.494 e. The van der Waals surface area contributed by atoms with Crippen molar-refractivity contribution in [1.29, 1.82) is 0 Å². The molecule has 0 radical (unpaired) electrons. The average molecular weight is 1400 g/mol.